The zero-order chi connectivity index (χ0) is 17.6. The lowest BCUT2D eigenvalue weighted by Crippen LogP contribution is -2.32. The fraction of sp³-hybridized carbons (Fsp3) is 0.263. The van der Waals surface area contributed by atoms with Gasteiger partial charge in [-0.25, -0.2) is 9.59 Å². The van der Waals surface area contributed by atoms with Gasteiger partial charge in [-0.05, 0) is 24.3 Å². The molecule has 6 heteroatoms. The molecule has 25 heavy (non-hydrogen) atoms. The molecule has 0 saturated carbocycles. The Morgan fingerprint density at radius 1 is 0.960 bits per heavy atom. The molecule has 130 valence electrons. The van der Waals surface area contributed by atoms with E-state index in [1.54, 1.807) is 60.7 Å². The molecule has 1 heterocycles. The first kappa shape index (κ1) is 17.1. The van der Waals surface area contributed by atoms with Gasteiger partial charge in [-0.1, -0.05) is 36.4 Å². The lowest BCUT2D eigenvalue weighted by atomic mass is 10.1. The lowest BCUT2D eigenvalue weighted by molar-refractivity contribution is -0.110. The maximum atomic E-state index is 12.1. The summed E-state index contributed by atoms with van der Waals surface area (Å²) in [6.07, 6.45) is -2.33. The number of hydrogen-bond acceptors (Lipinski definition) is 6. The third-order valence-corrected chi connectivity index (χ3v) is 3.84. The number of aliphatic hydroxyl groups excluding tert-OH is 1. The quantitative estimate of drug-likeness (QED) is 0.839. The van der Waals surface area contributed by atoms with Crippen molar-refractivity contribution in [1.29, 1.82) is 0 Å². The highest BCUT2D eigenvalue weighted by Gasteiger charge is 2.38. The van der Waals surface area contributed by atoms with Crippen molar-refractivity contribution in [3.63, 3.8) is 0 Å². The maximum Gasteiger partial charge on any atom is 0.338 e. The third-order valence-electron chi connectivity index (χ3n) is 3.84. The lowest BCUT2D eigenvalue weighted by Gasteiger charge is -2.18. The van der Waals surface area contributed by atoms with Crippen LogP contribution in [-0.4, -0.2) is 42.1 Å². The SMILES string of the molecule is O=C(OCC1OC(O)CC1OC(=O)c1ccccc1)c1ccccc1. The molecule has 2 aromatic rings. The van der Waals surface area contributed by atoms with Crippen LogP contribution in [0.1, 0.15) is 27.1 Å². The van der Waals surface area contributed by atoms with Gasteiger partial charge in [-0.15, -0.1) is 0 Å². The number of carbonyl (C=O) groups excluding carboxylic acids is 2. The van der Waals surface area contributed by atoms with E-state index < -0.39 is 30.4 Å². The van der Waals surface area contributed by atoms with Crippen molar-refractivity contribution >= 4 is 11.9 Å². The molecule has 0 amide bonds. The minimum absolute atomic E-state index is 0.114. The average molecular weight is 342 g/mol. The summed E-state index contributed by atoms with van der Waals surface area (Å²) < 4.78 is 15.9. The van der Waals surface area contributed by atoms with Gasteiger partial charge in [0.25, 0.3) is 0 Å². The van der Waals surface area contributed by atoms with Gasteiger partial charge in [0.15, 0.2) is 6.29 Å². The Labute approximate surface area is 144 Å². The maximum absolute atomic E-state index is 12.1. The van der Waals surface area contributed by atoms with E-state index in [-0.39, 0.29) is 13.0 Å². The highest BCUT2D eigenvalue weighted by Crippen LogP contribution is 2.23. The number of ether oxygens (including phenoxy) is 3. The Kier molecular flexibility index (Phi) is 5.42. The number of benzene rings is 2. The van der Waals surface area contributed by atoms with Gasteiger partial charge >= 0.3 is 11.9 Å². The minimum atomic E-state index is -1.06. The first-order valence-corrected chi connectivity index (χ1v) is 7.95. The molecule has 3 atom stereocenters. The van der Waals surface area contributed by atoms with Crippen LogP contribution in [0.2, 0.25) is 0 Å². The fourth-order valence-corrected chi connectivity index (χ4v) is 2.56. The van der Waals surface area contributed by atoms with Crippen molar-refractivity contribution < 1.29 is 28.9 Å². The van der Waals surface area contributed by atoms with Gasteiger partial charge in [0, 0.05) is 6.42 Å². The van der Waals surface area contributed by atoms with Crippen LogP contribution in [0.3, 0.4) is 0 Å². The van der Waals surface area contributed by atoms with E-state index in [9.17, 15) is 14.7 Å². The normalized spacial score (nSPS) is 22.4. The van der Waals surface area contributed by atoms with E-state index in [4.69, 9.17) is 14.2 Å². The molecule has 1 saturated heterocycles. The Hall–Kier alpha value is -2.70. The van der Waals surface area contributed by atoms with E-state index in [1.165, 1.54) is 0 Å². The van der Waals surface area contributed by atoms with Gasteiger partial charge < -0.3 is 19.3 Å². The van der Waals surface area contributed by atoms with E-state index in [0.717, 1.165) is 0 Å². The highest BCUT2D eigenvalue weighted by atomic mass is 16.7. The summed E-state index contributed by atoms with van der Waals surface area (Å²) in [5.41, 5.74) is 0.822. The molecule has 6 nitrogen and oxygen atoms in total. The van der Waals surface area contributed by atoms with Gasteiger partial charge in [0.2, 0.25) is 0 Å². The summed E-state index contributed by atoms with van der Waals surface area (Å²) in [7, 11) is 0. The molecular weight excluding hydrogens is 324 g/mol. The number of carbonyl (C=O) groups is 2. The van der Waals surface area contributed by atoms with E-state index >= 15 is 0 Å². The van der Waals surface area contributed by atoms with E-state index in [1.807, 2.05) is 0 Å². The van der Waals surface area contributed by atoms with Crippen LogP contribution >= 0.6 is 0 Å². The van der Waals surface area contributed by atoms with E-state index in [0.29, 0.717) is 11.1 Å². The summed E-state index contributed by atoms with van der Waals surface area (Å²) in [5.74, 6) is -1.01. The summed E-state index contributed by atoms with van der Waals surface area (Å²) in [6.45, 7) is -0.114. The van der Waals surface area contributed by atoms with Crippen molar-refractivity contribution in [3.8, 4) is 0 Å². The molecule has 0 aromatic heterocycles. The molecule has 1 aliphatic heterocycles. The number of aliphatic hydroxyl groups is 1. The Morgan fingerprint density at radius 3 is 2.12 bits per heavy atom. The molecule has 3 rings (SSSR count). The molecule has 0 aliphatic carbocycles. The zero-order valence-electron chi connectivity index (χ0n) is 13.4. The van der Waals surface area contributed by atoms with Crippen molar-refractivity contribution in [2.75, 3.05) is 6.61 Å². The number of hydrogen-bond donors (Lipinski definition) is 1. The van der Waals surface area contributed by atoms with Crippen molar-refractivity contribution in [2.24, 2.45) is 0 Å². The minimum Gasteiger partial charge on any atom is -0.459 e. The Balaban J connectivity index is 1.58. The van der Waals surface area contributed by atoms with Gasteiger partial charge in [0.05, 0.1) is 11.1 Å². The second-order valence-electron chi connectivity index (χ2n) is 5.64. The van der Waals surface area contributed by atoms with Crippen molar-refractivity contribution in [1.82, 2.24) is 0 Å². The van der Waals surface area contributed by atoms with Gasteiger partial charge in [0.1, 0.15) is 18.8 Å². The highest BCUT2D eigenvalue weighted by molar-refractivity contribution is 5.90. The van der Waals surface area contributed by atoms with E-state index in [2.05, 4.69) is 0 Å². The predicted octanol–water partition coefficient (Wildman–Crippen LogP) is 2.18. The summed E-state index contributed by atoms with van der Waals surface area (Å²) in [5, 5.41) is 9.68. The van der Waals surface area contributed by atoms with Crippen molar-refractivity contribution in [3.05, 3.63) is 71.8 Å². The molecule has 3 unspecified atom stereocenters. The van der Waals surface area contributed by atoms with Crippen LogP contribution in [0.25, 0.3) is 0 Å². The fourth-order valence-electron chi connectivity index (χ4n) is 2.56. The second kappa shape index (κ2) is 7.92. The predicted molar refractivity (Wildman–Crippen MR) is 87.9 cm³/mol. The number of rotatable bonds is 5. The standard InChI is InChI=1S/C19H18O6/c20-17-11-15(25-19(22)14-9-5-2-6-10-14)16(24-17)12-23-18(21)13-7-3-1-4-8-13/h1-10,15-17,20H,11-12H2. The molecule has 0 spiro atoms. The zero-order valence-corrected chi connectivity index (χ0v) is 13.4. The third kappa shape index (κ3) is 4.43. The number of esters is 2. The average Bonchev–Trinajstić information content (AvgIpc) is 3.00. The summed E-state index contributed by atoms with van der Waals surface area (Å²) in [6, 6.07) is 17.1. The van der Waals surface area contributed by atoms with Crippen molar-refractivity contribution in [2.45, 2.75) is 24.9 Å². The first-order chi connectivity index (χ1) is 12.1. The Bertz CT molecular complexity index is 715. The van der Waals surface area contributed by atoms with Gasteiger partial charge in [-0.2, -0.15) is 0 Å². The molecular formula is C19H18O6. The summed E-state index contributed by atoms with van der Waals surface area (Å²) in [4.78, 5) is 24.1. The molecule has 1 aliphatic rings. The van der Waals surface area contributed by atoms with Crippen LogP contribution < -0.4 is 0 Å². The van der Waals surface area contributed by atoms with Crippen LogP contribution in [-0.2, 0) is 14.2 Å². The summed E-state index contributed by atoms with van der Waals surface area (Å²) >= 11 is 0. The molecule has 0 radical (unpaired) electrons. The first-order valence-electron chi connectivity index (χ1n) is 7.95. The molecule has 0 bridgehead atoms. The van der Waals surface area contributed by atoms with Crippen LogP contribution in [0, 0.1) is 0 Å². The Morgan fingerprint density at radius 2 is 1.52 bits per heavy atom. The molecule has 1 N–H and O–H groups in total. The molecule has 2 aromatic carbocycles. The monoisotopic (exact) mass is 342 g/mol. The largest absolute Gasteiger partial charge is 0.459 e. The molecule has 1 fully saturated rings. The smallest absolute Gasteiger partial charge is 0.338 e. The topological polar surface area (TPSA) is 82.1 Å². The van der Waals surface area contributed by atoms with Gasteiger partial charge in [-0.3, -0.25) is 0 Å². The van der Waals surface area contributed by atoms with Crippen LogP contribution in [0.5, 0.6) is 0 Å². The second-order valence-corrected chi connectivity index (χ2v) is 5.64. The van der Waals surface area contributed by atoms with Crippen LogP contribution in [0.4, 0.5) is 0 Å². The van der Waals surface area contributed by atoms with Crippen LogP contribution in [0.15, 0.2) is 60.7 Å².